The van der Waals surface area contributed by atoms with E-state index in [0.29, 0.717) is 22.4 Å². The van der Waals surface area contributed by atoms with Gasteiger partial charge < -0.3 is 5.32 Å². The first-order valence-corrected chi connectivity index (χ1v) is 7.92. The predicted molar refractivity (Wildman–Crippen MR) is 91.2 cm³/mol. The van der Waals surface area contributed by atoms with Crippen LogP contribution in [0, 0.1) is 0 Å². The Hall–Kier alpha value is -2.95. The van der Waals surface area contributed by atoms with Gasteiger partial charge in [0.05, 0.1) is 22.4 Å². The Kier molecular flexibility index (Phi) is 4.16. The molecule has 5 heteroatoms. The molecule has 0 saturated heterocycles. The number of rotatable bonds is 4. The van der Waals surface area contributed by atoms with Crippen LogP contribution < -0.4 is 10.2 Å². The minimum absolute atomic E-state index is 0.00716. The van der Waals surface area contributed by atoms with Crippen molar-refractivity contribution >= 4 is 23.4 Å². The maximum atomic E-state index is 12.6. The van der Waals surface area contributed by atoms with E-state index in [4.69, 9.17) is 0 Å². The molecule has 0 aliphatic carbocycles. The SMILES string of the molecule is CCC(C)NC(=O)c1ccccc1N1C(=O)c2ccccc2C1=O. The molecule has 1 aliphatic rings. The number of hydrogen-bond acceptors (Lipinski definition) is 3. The molecule has 1 N–H and O–H groups in total. The molecule has 5 nitrogen and oxygen atoms in total. The lowest BCUT2D eigenvalue weighted by Gasteiger charge is -2.19. The standard InChI is InChI=1S/C19H18N2O3/c1-3-12(2)20-17(22)15-10-6-7-11-16(15)21-18(23)13-8-4-5-9-14(13)19(21)24/h4-12H,3H2,1-2H3,(H,20,22). The van der Waals surface area contributed by atoms with Crippen LogP contribution in [0.25, 0.3) is 0 Å². The second-order valence-electron chi connectivity index (χ2n) is 5.79. The normalized spacial score (nSPS) is 14.5. The van der Waals surface area contributed by atoms with Crippen LogP contribution >= 0.6 is 0 Å². The summed E-state index contributed by atoms with van der Waals surface area (Å²) < 4.78 is 0. The Labute approximate surface area is 140 Å². The number of nitrogens with one attached hydrogen (secondary N) is 1. The van der Waals surface area contributed by atoms with Crippen LogP contribution in [0.1, 0.15) is 51.3 Å². The number of benzene rings is 2. The van der Waals surface area contributed by atoms with Gasteiger partial charge in [-0.2, -0.15) is 0 Å². The van der Waals surface area contributed by atoms with E-state index in [-0.39, 0.29) is 11.9 Å². The van der Waals surface area contributed by atoms with E-state index in [9.17, 15) is 14.4 Å². The van der Waals surface area contributed by atoms with Crippen LogP contribution in [-0.4, -0.2) is 23.8 Å². The molecule has 2 aromatic rings. The number of anilines is 1. The number of hydrogen-bond donors (Lipinski definition) is 1. The van der Waals surface area contributed by atoms with Crippen molar-refractivity contribution in [3.63, 3.8) is 0 Å². The number of para-hydroxylation sites is 1. The van der Waals surface area contributed by atoms with Crippen molar-refractivity contribution in [2.75, 3.05) is 4.90 Å². The van der Waals surface area contributed by atoms with Crippen LogP contribution in [0.2, 0.25) is 0 Å². The van der Waals surface area contributed by atoms with Gasteiger partial charge in [0.1, 0.15) is 0 Å². The van der Waals surface area contributed by atoms with Crippen molar-refractivity contribution in [2.45, 2.75) is 26.3 Å². The quantitative estimate of drug-likeness (QED) is 0.880. The van der Waals surface area contributed by atoms with Crippen LogP contribution in [-0.2, 0) is 0 Å². The Balaban J connectivity index is 2.01. The summed E-state index contributed by atoms with van der Waals surface area (Å²) in [5, 5.41) is 2.87. The van der Waals surface area contributed by atoms with Crippen molar-refractivity contribution in [3.8, 4) is 0 Å². The molecule has 24 heavy (non-hydrogen) atoms. The molecule has 2 aromatic carbocycles. The van der Waals surface area contributed by atoms with Crippen LogP contribution in [0.4, 0.5) is 5.69 Å². The molecule has 1 atom stereocenters. The topological polar surface area (TPSA) is 66.5 Å². The summed E-state index contributed by atoms with van der Waals surface area (Å²) in [7, 11) is 0. The second-order valence-corrected chi connectivity index (χ2v) is 5.79. The molecule has 3 amide bonds. The fraction of sp³-hybridized carbons (Fsp3) is 0.211. The zero-order valence-corrected chi connectivity index (χ0v) is 13.6. The average molecular weight is 322 g/mol. The molecule has 1 heterocycles. The highest BCUT2D eigenvalue weighted by Crippen LogP contribution is 2.30. The molecule has 122 valence electrons. The summed E-state index contributed by atoms with van der Waals surface area (Å²) in [4.78, 5) is 38.9. The van der Waals surface area contributed by atoms with Gasteiger partial charge in [0, 0.05) is 6.04 Å². The van der Waals surface area contributed by atoms with Crippen LogP contribution in [0.15, 0.2) is 48.5 Å². The number of fused-ring (bicyclic) bond motifs is 1. The van der Waals surface area contributed by atoms with Gasteiger partial charge >= 0.3 is 0 Å². The summed E-state index contributed by atoms with van der Waals surface area (Å²) in [5.41, 5.74) is 1.34. The fourth-order valence-corrected chi connectivity index (χ4v) is 2.67. The lowest BCUT2D eigenvalue weighted by molar-refractivity contribution is 0.0926. The molecule has 1 unspecified atom stereocenters. The third-order valence-corrected chi connectivity index (χ3v) is 4.17. The number of carbonyl (C=O) groups is 3. The molecule has 0 fully saturated rings. The number of amides is 3. The minimum atomic E-state index is -0.403. The molecule has 0 bridgehead atoms. The molecule has 0 aromatic heterocycles. The van der Waals surface area contributed by atoms with E-state index in [2.05, 4.69) is 5.32 Å². The Morgan fingerprint density at radius 2 is 1.54 bits per heavy atom. The van der Waals surface area contributed by atoms with Gasteiger partial charge in [-0.3, -0.25) is 14.4 Å². The summed E-state index contributed by atoms with van der Waals surface area (Å²) in [6.45, 7) is 3.88. The molecule has 3 rings (SSSR count). The van der Waals surface area contributed by atoms with Gasteiger partial charge in [0.2, 0.25) is 0 Å². The lowest BCUT2D eigenvalue weighted by atomic mass is 10.1. The Morgan fingerprint density at radius 3 is 2.12 bits per heavy atom. The highest BCUT2D eigenvalue weighted by molar-refractivity contribution is 6.35. The third-order valence-electron chi connectivity index (χ3n) is 4.17. The fourth-order valence-electron chi connectivity index (χ4n) is 2.67. The largest absolute Gasteiger partial charge is 0.350 e. The van der Waals surface area contributed by atoms with E-state index < -0.39 is 11.8 Å². The van der Waals surface area contributed by atoms with Crippen LogP contribution in [0.3, 0.4) is 0 Å². The number of carbonyl (C=O) groups excluding carboxylic acids is 3. The van der Waals surface area contributed by atoms with Gasteiger partial charge in [-0.05, 0) is 37.6 Å². The molecule has 0 radical (unpaired) electrons. The highest BCUT2D eigenvalue weighted by Gasteiger charge is 2.37. The van der Waals surface area contributed by atoms with E-state index in [1.54, 1.807) is 48.5 Å². The zero-order chi connectivity index (χ0) is 17.3. The summed E-state index contributed by atoms with van der Waals surface area (Å²) in [6.07, 6.45) is 0.793. The first-order chi connectivity index (χ1) is 11.5. The highest BCUT2D eigenvalue weighted by atomic mass is 16.2. The number of nitrogens with zero attached hydrogens (tertiary/aromatic N) is 1. The molecule has 0 spiro atoms. The van der Waals surface area contributed by atoms with E-state index in [0.717, 1.165) is 11.3 Å². The first-order valence-electron chi connectivity index (χ1n) is 7.92. The molecule has 1 aliphatic heterocycles. The maximum Gasteiger partial charge on any atom is 0.266 e. The van der Waals surface area contributed by atoms with Crippen molar-refractivity contribution in [1.82, 2.24) is 5.32 Å². The van der Waals surface area contributed by atoms with E-state index in [1.807, 2.05) is 13.8 Å². The van der Waals surface area contributed by atoms with E-state index >= 15 is 0 Å². The van der Waals surface area contributed by atoms with Crippen molar-refractivity contribution in [3.05, 3.63) is 65.2 Å². The lowest BCUT2D eigenvalue weighted by Crippen LogP contribution is -2.35. The summed E-state index contributed by atoms with van der Waals surface area (Å²) in [5.74, 6) is -1.10. The third kappa shape index (κ3) is 2.58. The molecular formula is C19H18N2O3. The second kappa shape index (κ2) is 6.28. The van der Waals surface area contributed by atoms with Crippen LogP contribution in [0.5, 0.6) is 0 Å². The monoisotopic (exact) mass is 322 g/mol. The van der Waals surface area contributed by atoms with Crippen molar-refractivity contribution in [2.24, 2.45) is 0 Å². The average Bonchev–Trinajstić information content (AvgIpc) is 2.86. The van der Waals surface area contributed by atoms with Gasteiger partial charge in [-0.15, -0.1) is 0 Å². The molecule has 0 saturated carbocycles. The maximum absolute atomic E-state index is 12.6. The Morgan fingerprint density at radius 1 is 1.00 bits per heavy atom. The molecular weight excluding hydrogens is 304 g/mol. The predicted octanol–water partition coefficient (Wildman–Crippen LogP) is 3.02. The number of imide groups is 1. The van der Waals surface area contributed by atoms with Crippen molar-refractivity contribution < 1.29 is 14.4 Å². The van der Waals surface area contributed by atoms with Gasteiger partial charge in [-0.1, -0.05) is 31.2 Å². The smallest absolute Gasteiger partial charge is 0.266 e. The Bertz CT molecular complexity index is 794. The van der Waals surface area contributed by atoms with Gasteiger partial charge in [0.25, 0.3) is 17.7 Å². The first kappa shape index (κ1) is 15.9. The summed E-state index contributed by atoms with van der Waals surface area (Å²) in [6, 6.07) is 13.3. The summed E-state index contributed by atoms with van der Waals surface area (Å²) >= 11 is 0. The zero-order valence-electron chi connectivity index (χ0n) is 13.6. The van der Waals surface area contributed by atoms with Gasteiger partial charge in [0.15, 0.2) is 0 Å². The van der Waals surface area contributed by atoms with E-state index in [1.165, 1.54) is 0 Å². The minimum Gasteiger partial charge on any atom is -0.350 e. The van der Waals surface area contributed by atoms with Crippen molar-refractivity contribution in [1.29, 1.82) is 0 Å². The van der Waals surface area contributed by atoms with Gasteiger partial charge in [-0.25, -0.2) is 4.90 Å².